The Morgan fingerprint density at radius 1 is 0.974 bits per heavy atom. The first-order valence-corrected chi connectivity index (χ1v) is 13.1. The Bertz CT molecular complexity index is 1530. The molecule has 2 bridgehead atoms. The third kappa shape index (κ3) is 4.03. The maximum atomic E-state index is 12.4. The van der Waals surface area contributed by atoms with Gasteiger partial charge < -0.3 is 14.5 Å². The van der Waals surface area contributed by atoms with E-state index in [0.717, 1.165) is 70.7 Å². The van der Waals surface area contributed by atoms with Gasteiger partial charge in [-0.05, 0) is 48.7 Å². The largest absolute Gasteiger partial charge is 0.495 e. The molecule has 0 saturated carbocycles. The summed E-state index contributed by atoms with van der Waals surface area (Å²) in [7, 11) is 1.68. The highest BCUT2D eigenvalue weighted by atomic mass is 16.5. The summed E-state index contributed by atoms with van der Waals surface area (Å²) in [6, 6.07) is 20.4. The molecule has 7 nitrogen and oxygen atoms in total. The maximum Gasteiger partial charge on any atom is 0.222 e. The van der Waals surface area contributed by atoms with E-state index >= 15 is 0 Å². The molecule has 2 aliphatic heterocycles. The Kier molecular flexibility index (Phi) is 6.16. The monoisotopic (exact) mass is 503 g/mol. The van der Waals surface area contributed by atoms with Crippen LogP contribution in [-0.4, -0.2) is 53.1 Å². The van der Waals surface area contributed by atoms with Crippen LogP contribution in [0, 0.1) is 11.3 Å². The molecule has 0 N–H and O–H groups in total. The number of nitrogens with zero attached hydrogens (tertiary/aromatic N) is 5. The Hall–Kier alpha value is -4.44. The van der Waals surface area contributed by atoms with Gasteiger partial charge in [0, 0.05) is 66.1 Å². The van der Waals surface area contributed by atoms with E-state index in [-0.39, 0.29) is 18.0 Å². The standard InChI is InChI=1S/C31H29N5O2/c1-3-29(37)36-23-12-13-24(36)19-35(18-23)28-14-11-22(16-33-28)27-17-34-30-25(5-4-6-26(30)31(27)38-2)21-9-7-20(15-32)8-10-21/h4-11,14,16-17,23-24H,3,12-13,18-19H2,1-2H3/t23-,24?/m1/s1. The molecule has 0 radical (unpaired) electrons. The number of aromatic nitrogens is 2. The molecule has 0 spiro atoms. The minimum Gasteiger partial charge on any atom is -0.495 e. The van der Waals surface area contributed by atoms with Gasteiger partial charge in [-0.2, -0.15) is 5.26 Å². The summed E-state index contributed by atoms with van der Waals surface area (Å²) in [5, 5.41) is 10.1. The van der Waals surface area contributed by atoms with Crippen LogP contribution in [0.5, 0.6) is 5.75 Å². The number of hydrogen-bond donors (Lipinski definition) is 0. The number of rotatable bonds is 5. The van der Waals surface area contributed by atoms with Gasteiger partial charge in [-0.1, -0.05) is 31.2 Å². The number of fused-ring (bicyclic) bond motifs is 3. The highest BCUT2D eigenvalue weighted by Crippen LogP contribution is 2.39. The van der Waals surface area contributed by atoms with Crippen LogP contribution in [0.2, 0.25) is 0 Å². The lowest BCUT2D eigenvalue weighted by Crippen LogP contribution is -2.56. The normalized spacial score (nSPS) is 18.4. The molecule has 2 fully saturated rings. The first-order chi connectivity index (χ1) is 18.6. The number of para-hydroxylation sites is 1. The zero-order valence-electron chi connectivity index (χ0n) is 21.6. The van der Waals surface area contributed by atoms with E-state index in [9.17, 15) is 4.79 Å². The molecule has 4 heterocycles. The Labute approximate surface area is 222 Å². The first-order valence-electron chi connectivity index (χ1n) is 13.1. The number of piperazine rings is 1. The molecular formula is C31H29N5O2. The molecule has 6 rings (SSSR count). The Balaban J connectivity index is 1.30. The van der Waals surface area contributed by atoms with Gasteiger partial charge >= 0.3 is 0 Å². The summed E-state index contributed by atoms with van der Waals surface area (Å²) in [5.41, 5.74) is 5.28. The van der Waals surface area contributed by atoms with Gasteiger partial charge in [0.05, 0.1) is 24.3 Å². The number of pyridine rings is 2. The molecule has 190 valence electrons. The summed E-state index contributed by atoms with van der Waals surface area (Å²) in [6.07, 6.45) is 6.43. The van der Waals surface area contributed by atoms with Crippen molar-refractivity contribution < 1.29 is 9.53 Å². The van der Waals surface area contributed by atoms with E-state index in [1.807, 2.05) is 61.8 Å². The minimum atomic E-state index is 0.263. The van der Waals surface area contributed by atoms with Crippen LogP contribution >= 0.6 is 0 Å². The highest BCUT2D eigenvalue weighted by Gasteiger charge is 2.42. The zero-order chi connectivity index (χ0) is 26.2. The van der Waals surface area contributed by atoms with Crippen LogP contribution in [0.3, 0.4) is 0 Å². The maximum absolute atomic E-state index is 12.4. The van der Waals surface area contributed by atoms with E-state index in [4.69, 9.17) is 20.0 Å². The fraction of sp³-hybridized carbons (Fsp3) is 0.290. The highest BCUT2D eigenvalue weighted by molar-refractivity contribution is 6.00. The Morgan fingerprint density at radius 3 is 2.34 bits per heavy atom. The van der Waals surface area contributed by atoms with Gasteiger partial charge in [-0.3, -0.25) is 9.78 Å². The van der Waals surface area contributed by atoms with Crippen molar-refractivity contribution in [2.45, 2.75) is 38.3 Å². The molecule has 38 heavy (non-hydrogen) atoms. The Morgan fingerprint density at radius 2 is 1.71 bits per heavy atom. The third-order valence-electron chi connectivity index (χ3n) is 7.83. The topological polar surface area (TPSA) is 82.4 Å². The smallest absolute Gasteiger partial charge is 0.222 e. The SMILES string of the molecule is CCC(=O)N1C2CC[C@@H]1CN(c1ccc(-c3cnc4c(-c5ccc(C#N)cc5)cccc4c3OC)cn1)C2. The minimum absolute atomic E-state index is 0.263. The molecule has 7 heteroatoms. The van der Waals surface area contributed by atoms with Crippen LogP contribution in [0.25, 0.3) is 33.2 Å². The molecular weight excluding hydrogens is 474 g/mol. The second-order valence-electron chi connectivity index (χ2n) is 9.95. The van der Waals surface area contributed by atoms with E-state index in [1.165, 1.54) is 0 Å². The number of benzene rings is 2. The van der Waals surface area contributed by atoms with Gasteiger partial charge in [-0.25, -0.2) is 4.98 Å². The molecule has 2 aliphatic rings. The van der Waals surface area contributed by atoms with Crippen molar-refractivity contribution in [2.24, 2.45) is 0 Å². The molecule has 2 aromatic carbocycles. The number of hydrogen-bond acceptors (Lipinski definition) is 6. The van der Waals surface area contributed by atoms with Crippen molar-refractivity contribution in [3.8, 4) is 34.1 Å². The predicted molar refractivity (Wildman–Crippen MR) is 148 cm³/mol. The predicted octanol–water partition coefficient (Wildman–Crippen LogP) is 5.43. The second kappa shape index (κ2) is 9.79. The molecule has 2 saturated heterocycles. The number of methoxy groups -OCH3 is 1. The van der Waals surface area contributed by atoms with Crippen LogP contribution in [0.4, 0.5) is 5.82 Å². The average molecular weight is 504 g/mol. The van der Waals surface area contributed by atoms with Crippen molar-refractivity contribution in [1.82, 2.24) is 14.9 Å². The number of nitriles is 1. The number of carbonyl (C=O) groups is 1. The summed E-state index contributed by atoms with van der Waals surface area (Å²) < 4.78 is 5.91. The second-order valence-corrected chi connectivity index (χ2v) is 9.95. The van der Waals surface area contributed by atoms with Crippen LogP contribution in [-0.2, 0) is 4.79 Å². The van der Waals surface area contributed by atoms with Crippen LogP contribution < -0.4 is 9.64 Å². The van der Waals surface area contributed by atoms with Crippen molar-refractivity contribution in [1.29, 1.82) is 5.26 Å². The van der Waals surface area contributed by atoms with E-state index in [0.29, 0.717) is 12.0 Å². The zero-order valence-corrected chi connectivity index (χ0v) is 21.6. The van der Waals surface area contributed by atoms with E-state index < -0.39 is 0 Å². The number of anilines is 1. The average Bonchev–Trinajstić information content (AvgIpc) is 3.24. The molecule has 4 aromatic rings. The molecule has 0 aliphatic carbocycles. The molecule has 2 aromatic heterocycles. The molecule has 1 amide bonds. The summed E-state index contributed by atoms with van der Waals surface area (Å²) in [5.74, 6) is 1.95. The van der Waals surface area contributed by atoms with E-state index in [2.05, 4.69) is 28.0 Å². The molecule has 2 atom stereocenters. The third-order valence-corrected chi connectivity index (χ3v) is 7.83. The van der Waals surface area contributed by atoms with Gasteiger partial charge in [0.1, 0.15) is 11.6 Å². The van der Waals surface area contributed by atoms with Gasteiger partial charge in [0.25, 0.3) is 0 Å². The lowest BCUT2D eigenvalue weighted by atomic mass is 9.98. The lowest BCUT2D eigenvalue weighted by molar-refractivity contribution is -0.134. The number of amides is 1. The first kappa shape index (κ1) is 23.9. The van der Waals surface area contributed by atoms with Crippen LogP contribution in [0.15, 0.2) is 67.0 Å². The van der Waals surface area contributed by atoms with Gasteiger partial charge in [0.2, 0.25) is 5.91 Å². The summed E-state index contributed by atoms with van der Waals surface area (Å²) >= 11 is 0. The van der Waals surface area contributed by atoms with Crippen molar-refractivity contribution >= 4 is 22.6 Å². The van der Waals surface area contributed by atoms with Gasteiger partial charge in [-0.15, -0.1) is 0 Å². The molecule has 1 unspecified atom stereocenters. The number of ether oxygens (including phenoxy) is 1. The fourth-order valence-electron chi connectivity index (χ4n) is 5.99. The van der Waals surface area contributed by atoms with Crippen molar-refractivity contribution in [3.63, 3.8) is 0 Å². The van der Waals surface area contributed by atoms with E-state index in [1.54, 1.807) is 7.11 Å². The lowest BCUT2D eigenvalue weighted by Gasteiger charge is -2.41. The summed E-state index contributed by atoms with van der Waals surface area (Å²) in [4.78, 5) is 26.5. The van der Waals surface area contributed by atoms with Crippen molar-refractivity contribution in [3.05, 3.63) is 72.6 Å². The van der Waals surface area contributed by atoms with Gasteiger partial charge in [0.15, 0.2) is 0 Å². The summed E-state index contributed by atoms with van der Waals surface area (Å²) in [6.45, 7) is 3.60. The fourth-order valence-corrected chi connectivity index (χ4v) is 5.99. The van der Waals surface area contributed by atoms with Crippen LogP contribution in [0.1, 0.15) is 31.7 Å². The quantitative estimate of drug-likeness (QED) is 0.361. The van der Waals surface area contributed by atoms with Crippen molar-refractivity contribution in [2.75, 3.05) is 25.1 Å². The number of carbonyl (C=O) groups excluding carboxylic acids is 1.